The highest BCUT2D eigenvalue weighted by Crippen LogP contribution is 2.35. The maximum absolute atomic E-state index is 13.2. The molecule has 27 heavy (non-hydrogen) atoms. The number of hydrogen-bond donors (Lipinski definition) is 0. The van der Waals surface area contributed by atoms with Gasteiger partial charge in [-0.15, -0.1) is 0 Å². The number of anilines is 1. The van der Waals surface area contributed by atoms with Crippen LogP contribution in [-0.2, 0) is 17.5 Å². The van der Waals surface area contributed by atoms with E-state index in [-0.39, 0.29) is 23.1 Å². The van der Waals surface area contributed by atoms with Crippen molar-refractivity contribution in [3.8, 4) is 6.07 Å². The number of alkyl halides is 3. The number of hydrogen-bond acceptors (Lipinski definition) is 3. The Kier molecular flexibility index (Phi) is 5.15. The molecular weight excluding hydrogens is 375 g/mol. The SMILES string of the molecule is N#Cc1ccc(N2C(=O)CCN(Cc3ccccc3)C2=S)cc1C(F)(F)F. The molecule has 0 N–H and O–H groups in total. The van der Waals surface area contributed by atoms with Crippen LogP contribution in [0.25, 0.3) is 0 Å². The van der Waals surface area contributed by atoms with E-state index in [9.17, 15) is 18.0 Å². The van der Waals surface area contributed by atoms with Crippen molar-refractivity contribution < 1.29 is 18.0 Å². The van der Waals surface area contributed by atoms with Crippen molar-refractivity contribution in [2.24, 2.45) is 0 Å². The van der Waals surface area contributed by atoms with Crippen LogP contribution in [0.4, 0.5) is 18.9 Å². The van der Waals surface area contributed by atoms with Crippen LogP contribution in [0.3, 0.4) is 0 Å². The zero-order valence-corrected chi connectivity index (χ0v) is 14.8. The quantitative estimate of drug-likeness (QED) is 0.742. The van der Waals surface area contributed by atoms with Crippen molar-refractivity contribution in [2.45, 2.75) is 19.1 Å². The molecule has 3 rings (SSSR count). The van der Waals surface area contributed by atoms with Crippen molar-refractivity contribution >= 4 is 28.9 Å². The number of thiocarbonyl (C=S) groups is 1. The summed E-state index contributed by atoms with van der Waals surface area (Å²) in [6.45, 7) is 0.845. The van der Waals surface area contributed by atoms with Crippen molar-refractivity contribution in [3.63, 3.8) is 0 Å². The molecule has 0 saturated carbocycles. The summed E-state index contributed by atoms with van der Waals surface area (Å²) in [5.74, 6) is -0.373. The fourth-order valence-corrected chi connectivity index (χ4v) is 3.26. The summed E-state index contributed by atoms with van der Waals surface area (Å²) in [4.78, 5) is 15.3. The fraction of sp³-hybridized carbons (Fsp3) is 0.211. The Labute approximate surface area is 159 Å². The fourth-order valence-electron chi connectivity index (χ4n) is 2.89. The van der Waals surface area contributed by atoms with E-state index in [0.29, 0.717) is 13.1 Å². The first-order valence-corrected chi connectivity index (χ1v) is 8.49. The molecule has 0 bridgehead atoms. The smallest absolute Gasteiger partial charge is 0.344 e. The number of rotatable bonds is 3. The van der Waals surface area contributed by atoms with Gasteiger partial charge in [0.15, 0.2) is 5.11 Å². The molecule has 1 aliphatic heterocycles. The third kappa shape index (κ3) is 3.93. The van der Waals surface area contributed by atoms with Crippen LogP contribution in [0.1, 0.15) is 23.1 Å². The summed E-state index contributed by atoms with van der Waals surface area (Å²) >= 11 is 5.39. The van der Waals surface area contributed by atoms with Crippen LogP contribution in [0.15, 0.2) is 48.5 Å². The Morgan fingerprint density at radius 2 is 1.85 bits per heavy atom. The van der Waals surface area contributed by atoms with Crippen LogP contribution in [0.5, 0.6) is 0 Å². The standard InChI is InChI=1S/C19H14F3N3OS/c20-19(21,22)16-10-15(7-6-14(16)11-23)25-17(26)8-9-24(18(25)27)12-13-4-2-1-3-5-13/h1-7,10H,8-9,12H2. The minimum Gasteiger partial charge on any atom is -0.344 e. The molecule has 0 radical (unpaired) electrons. The minimum absolute atomic E-state index is 0.00841. The first-order chi connectivity index (χ1) is 12.8. The Balaban J connectivity index is 1.94. The third-order valence-corrected chi connectivity index (χ3v) is 4.65. The van der Waals surface area contributed by atoms with Gasteiger partial charge in [0.1, 0.15) is 0 Å². The number of amides is 1. The Morgan fingerprint density at radius 3 is 2.48 bits per heavy atom. The van der Waals surface area contributed by atoms with E-state index in [0.717, 1.165) is 22.6 Å². The highest BCUT2D eigenvalue weighted by molar-refractivity contribution is 7.80. The van der Waals surface area contributed by atoms with Crippen LogP contribution in [0, 0.1) is 11.3 Å². The molecule has 0 aliphatic carbocycles. The lowest BCUT2D eigenvalue weighted by molar-refractivity contribution is -0.137. The maximum atomic E-state index is 13.2. The number of carbonyl (C=O) groups excluding carboxylic acids is 1. The van der Waals surface area contributed by atoms with E-state index >= 15 is 0 Å². The summed E-state index contributed by atoms with van der Waals surface area (Å²) < 4.78 is 39.7. The molecule has 2 aromatic carbocycles. The van der Waals surface area contributed by atoms with Crippen LogP contribution in [0.2, 0.25) is 0 Å². The van der Waals surface area contributed by atoms with E-state index in [1.807, 2.05) is 30.3 Å². The molecule has 138 valence electrons. The zero-order valence-electron chi connectivity index (χ0n) is 14.0. The van der Waals surface area contributed by atoms with E-state index in [4.69, 9.17) is 17.5 Å². The van der Waals surface area contributed by atoms with Gasteiger partial charge in [0.2, 0.25) is 5.91 Å². The largest absolute Gasteiger partial charge is 0.417 e. The summed E-state index contributed by atoms with van der Waals surface area (Å²) in [5.41, 5.74) is -0.597. The van der Waals surface area contributed by atoms with Crippen LogP contribution >= 0.6 is 12.2 Å². The summed E-state index contributed by atoms with van der Waals surface area (Å²) in [5, 5.41) is 9.07. The lowest BCUT2D eigenvalue weighted by Gasteiger charge is -2.37. The lowest BCUT2D eigenvalue weighted by Crippen LogP contribution is -2.52. The van der Waals surface area contributed by atoms with E-state index in [1.165, 1.54) is 12.1 Å². The predicted octanol–water partition coefficient (Wildman–Crippen LogP) is 4.10. The number of carbonyl (C=O) groups is 1. The molecule has 0 atom stereocenters. The second kappa shape index (κ2) is 7.37. The second-order valence-electron chi connectivity index (χ2n) is 6.01. The second-order valence-corrected chi connectivity index (χ2v) is 6.37. The van der Waals surface area contributed by atoms with Crippen molar-refractivity contribution in [2.75, 3.05) is 11.4 Å². The van der Waals surface area contributed by atoms with Gasteiger partial charge in [-0.1, -0.05) is 30.3 Å². The molecular formula is C19H14F3N3OS. The molecule has 1 amide bonds. The molecule has 1 saturated heterocycles. The van der Waals surface area contributed by atoms with E-state index in [2.05, 4.69) is 0 Å². The highest BCUT2D eigenvalue weighted by Gasteiger charge is 2.36. The Morgan fingerprint density at radius 1 is 1.15 bits per heavy atom. The van der Waals surface area contributed by atoms with Gasteiger partial charge in [-0.05, 0) is 36.0 Å². The van der Waals surface area contributed by atoms with Gasteiger partial charge in [-0.25, -0.2) is 0 Å². The van der Waals surface area contributed by atoms with Crippen LogP contribution in [-0.4, -0.2) is 22.5 Å². The van der Waals surface area contributed by atoms with Crippen molar-refractivity contribution in [1.82, 2.24) is 4.90 Å². The normalized spacial score (nSPS) is 15.0. The van der Waals surface area contributed by atoms with Gasteiger partial charge in [-0.3, -0.25) is 9.69 Å². The monoisotopic (exact) mass is 389 g/mol. The van der Waals surface area contributed by atoms with E-state index in [1.54, 1.807) is 4.90 Å². The molecule has 4 nitrogen and oxygen atoms in total. The highest BCUT2D eigenvalue weighted by atomic mass is 32.1. The first kappa shape index (κ1) is 18.9. The molecule has 0 unspecified atom stereocenters. The summed E-state index contributed by atoms with van der Waals surface area (Å²) in [6.07, 6.45) is -4.57. The van der Waals surface area contributed by atoms with Gasteiger partial charge in [-0.2, -0.15) is 18.4 Å². The molecule has 0 aromatic heterocycles. The number of benzene rings is 2. The summed E-state index contributed by atoms with van der Waals surface area (Å²) in [7, 11) is 0. The number of nitriles is 1. The van der Waals surface area contributed by atoms with Gasteiger partial charge in [0.25, 0.3) is 0 Å². The Bertz CT molecular complexity index is 922. The topological polar surface area (TPSA) is 47.3 Å². The van der Waals surface area contributed by atoms with Crippen LogP contribution < -0.4 is 4.90 Å². The molecule has 0 spiro atoms. The average molecular weight is 389 g/mol. The average Bonchev–Trinajstić information content (AvgIpc) is 2.64. The molecule has 8 heteroatoms. The number of nitrogens with zero attached hydrogens (tertiary/aromatic N) is 3. The molecule has 1 heterocycles. The third-order valence-electron chi connectivity index (χ3n) is 4.21. The number of halogens is 3. The van der Waals surface area contributed by atoms with Crippen molar-refractivity contribution in [3.05, 3.63) is 65.2 Å². The Hall–Kier alpha value is -2.92. The van der Waals surface area contributed by atoms with Gasteiger partial charge < -0.3 is 4.90 Å². The molecule has 1 fully saturated rings. The predicted molar refractivity (Wildman–Crippen MR) is 97.7 cm³/mol. The summed E-state index contributed by atoms with van der Waals surface area (Å²) in [6, 6.07) is 14.1. The van der Waals surface area contributed by atoms with Gasteiger partial charge in [0.05, 0.1) is 22.9 Å². The van der Waals surface area contributed by atoms with Crippen molar-refractivity contribution in [1.29, 1.82) is 5.26 Å². The first-order valence-electron chi connectivity index (χ1n) is 8.08. The molecule has 2 aromatic rings. The minimum atomic E-state index is -4.70. The van der Waals surface area contributed by atoms with Gasteiger partial charge >= 0.3 is 6.18 Å². The lowest BCUT2D eigenvalue weighted by atomic mass is 10.1. The molecule has 1 aliphatic rings. The zero-order chi connectivity index (χ0) is 19.6. The van der Waals surface area contributed by atoms with Gasteiger partial charge in [0, 0.05) is 19.5 Å². The maximum Gasteiger partial charge on any atom is 0.417 e. The van der Waals surface area contributed by atoms with E-state index < -0.39 is 17.3 Å².